The van der Waals surface area contributed by atoms with E-state index < -0.39 is 0 Å². The van der Waals surface area contributed by atoms with Crippen molar-refractivity contribution in [1.82, 2.24) is 10.3 Å². The normalized spacial score (nSPS) is 12.6. The van der Waals surface area contributed by atoms with Crippen LogP contribution in [0.25, 0.3) is 10.9 Å². The third kappa shape index (κ3) is 3.23. The molecule has 3 heteroatoms. The summed E-state index contributed by atoms with van der Waals surface area (Å²) in [6, 6.07) is 10.4. The van der Waals surface area contributed by atoms with Crippen molar-refractivity contribution < 1.29 is 0 Å². The van der Waals surface area contributed by atoms with E-state index in [9.17, 15) is 0 Å². The Bertz CT molecular complexity index is 592. The van der Waals surface area contributed by atoms with Crippen molar-refractivity contribution in [3.8, 4) is 0 Å². The molecule has 1 N–H and O–H groups in total. The Labute approximate surface area is 123 Å². The van der Waals surface area contributed by atoms with Gasteiger partial charge in [0.15, 0.2) is 0 Å². The lowest BCUT2D eigenvalue weighted by Crippen LogP contribution is -2.24. The summed E-state index contributed by atoms with van der Waals surface area (Å²) in [5.74, 6) is 0. The summed E-state index contributed by atoms with van der Waals surface area (Å²) in [4.78, 5) is 4.78. The number of benzene rings is 1. The maximum Gasteiger partial charge on any atom is 0.0764 e. The van der Waals surface area contributed by atoms with E-state index in [1.165, 1.54) is 0 Å². The van der Waals surface area contributed by atoms with Crippen molar-refractivity contribution in [2.24, 2.45) is 0 Å². The summed E-state index contributed by atoms with van der Waals surface area (Å²) in [7, 11) is 0. The first kappa shape index (κ1) is 14.2. The lowest BCUT2D eigenvalue weighted by molar-refractivity contribution is 0.578. The number of hydrogen-bond donors (Lipinski definition) is 1. The summed E-state index contributed by atoms with van der Waals surface area (Å²) >= 11 is 3.63. The molecular weight excluding hydrogens is 300 g/mol. The smallest absolute Gasteiger partial charge is 0.0764 e. The second kappa shape index (κ2) is 6.31. The molecular formula is C16H19BrN2. The molecule has 2 aromatic rings. The summed E-state index contributed by atoms with van der Waals surface area (Å²) in [6.45, 7) is 9.24. The summed E-state index contributed by atoms with van der Waals surface area (Å²) in [5.41, 5.74) is 3.11. The molecule has 2 rings (SSSR count). The molecule has 1 unspecified atom stereocenters. The molecule has 1 aromatic heterocycles. The van der Waals surface area contributed by atoms with Crippen LogP contribution in [0.5, 0.6) is 0 Å². The number of para-hydroxylation sites is 1. The van der Waals surface area contributed by atoms with Crippen molar-refractivity contribution in [3.63, 3.8) is 0 Å². The van der Waals surface area contributed by atoms with Crippen molar-refractivity contribution in [1.29, 1.82) is 0 Å². The molecule has 0 saturated carbocycles. The van der Waals surface area contributed by atoms with Gasteiger partial charge in [0.2, 0.25) is 0 Å². The SMILES string of the molecule is C=C(C)C(NCCC)c1nc2ccccc2cc1Br. The Hall–Kier alpha value is -1.19. The number of halogens is 1. The van der Waals surface area contributed by atoms with E-state index >= 15 is 0 Å². The third-order valence-corrected chi connectivity index (χ3v) is 3.70. The van der Waals surface area contributed by atoms with E-state index in [4.69, 9.17) is 4.98 Å². The topological polar surface area (TPSA) is 24.9 Å². The second-order valence-corrected chi connectivity index (χ2v) is 5.64. The van der Waals surface area contributed by atoms with E-state index in [0.29, 0.717) is 0 Å². The standard InChI is InChI=1S/C16H19BrN2/c1-4-9-18-15(11(2)3)16-13(17)10-12-7-5-6-8-14(12)19-16/h5-8,10,15,18H,2,4,9H2,1,3H3. The molecule has 0 saturated heterocycles. The fourth-order valence-electron chi connectivity index (χ4n) is 2.10. The monoisotopic (exact) mass is 318 g/mol. The van der Waals surface area contributed by atoms with Gasteiger partial charge in [0.1, 0.15) is 0 Å². The van der Waals surface area contributed by atoms with E-state index in [1.807, 2.05) is 25.1 Å². The maximum atomic E-state index is 4.78. The van der Waals surface area contributed by atoms with Crippen LogP contribution in [0, 0.1) is 0 Å². The highest BCUT2D eigenvalue weighted by molar-refractivity contribution is 9.10. The van der Waals surface area contributed by atoms with Crippen LogP contribution >= 0.6 is 15.9 Å². The van der Waals surface area contributed by atoms with Gasteiger partial charge in [-0.05, 0) is 48.0 Å². The Morgan fingerprint density at radius 3 is 2.84 bits per heavy atom. The van der Waals surface area contributed by atoms with Gasteiger partial charge >= 0.3 is 0 Å². The van der Waals surface area contributed by atoms with E-state index in [-0.39, 0.29) is 6.04 Å². The Balaban J connectivity index is 2.46. The minimum absolute atomic E-state index is 0.0962. The molecule has 2 nitrogen and oxygen atoms in total. The van der Waals surface area contributed by atoms with E-state index in [2.05, 4.69) is 46.9 Å². The van der Waals surface area contributed by atoms with Gasteiger partial charge in [0, 0.05) is 9.86 Å². The van der Waals surface area contributed by atoms with Crippen LogP contribution in [-0.4, -0.2) is 11.5 Å². The Morgan fingerprint density at radius 1 is 1.42 bits per heavy atom. The average molecular weight is 319 g/mol. The summed E-state index contributed by atoms with van der Waals surface area (Å²) < 4.78 is 1.03. The minimum Gasteiger partial charge on any atom is -0.305 e. The largest absolute Gasteiger partial charge is 0.305 e. The van der Waals surface area contributed by atoms with Crippen molar-refractivity contribution in [2.45, 2.75) is 26.3 Å². The Kier molecular flexibility index (Phi) is 4.72. The van der Waals surface area contributed by atoms with Crippen LogP contribution in [0.1, 0.15) is 32.0 Å². The molecule has 0 radical (unpaired) electrons. The van der Waals surface area contributed by atoms with Gasteiger partial charge in [-0.2, -0.15) is 0 Å². The number of aromatic nitrogens is 1. The highest BCUT2D eigenvalue weighted by atomic mass is 79.9. The van der Waals surface area contributed by atoms with Crippen molar-refractivity contribution in [3.05, 3.63) is 52.7 Å². The van der Waals surface area contributed by atoms with Crippen LogP contribution in [0.2, 0.25) is 0 Å². The highest BCUT2D eigenvalue weighted by Gasteiger charge is 2.16. The molecule has 0 fully saturated rings. The van der Waals surface area contributed by atoms with Gasteiger partial charge < -0.3 is 5.32 Å². The van der Waals surface area contributed by atoms with Gasteiger partial charge in [-0.15, -0.1) is 0 Å². The number of rotatable bonds is 5. The molecule has 0 spiro atoms. The average Bonchev–Trinajstić information content (AvgIpc) is 2.39. The van der Waals surface area contributed by atoms with Crippen LogP contribution in [0.3, 0.4) is 0 Å². The minimum atomic E-state index is 0.0962. The summed E-state index contributed by atoms with van der Waals surface area (Å²) in [5, 5.41) is 4.65. The quantitative estimate of drug-likeness (QED) is 0.814. The molecule has 0 bridgehead atoms. The predicted octanol–water partition coefficient (Wildman–Crippen LogP) is 4.61. The molecule has 0 aliphatic rings. The number of fused-ring (bicyclic) bond motifs is 1. The second-order valence-electron chi connectivity index (χ2n) is 4.78. The van der Waals surface area contributed by atoms with Gasteiger partial charge in [-0.25, -0.2) is 4.98 Å². The van der Waals surface area contributed by atoms with Crippen LogP contribution < -0.4 is 5.32 Å². The first-order valence-electron chi connectivity index (χ1n) is 6.57. The van der Waals surface area contributed by atoms with Gasteiger partial charge in [0.05, 0.1) is 17.3 Å². The molecule has 0 aliphatic carbocycles. The lowest BCUT2D eigenvalue weighted by atomic mass is 10.0. The zero-order valence-corrected chi connectivity index (χ0v) is 13.0. The fourth-order valence-corrected chi connectivity index (χ4v) is 2.66. The third-order valence-electron chi connectivity index (χ3n) is 3.07. The molecule has 19 heavy (non-hydrogen) atoms. The molecule has 100 valence electrons. The zero-order valence-electron chi connectivity index (χ0n) is 11.4. The molecule has 1 aromatic carbocycles. The highest BCUT2D eigenvalue weighted by Crippen LogP contribution is 2.29. The molecule has 0 aliphatic heterocycles. The summed E-state index contributed by atoms with van der Waals surface area (Å²) in [6.07, 6.45) is 1.09. The lowest BCUT2D eigenvalue weighted by Gasteiger charge is -2.20. The number of hydrogen-bond acceptors (Lipinski definition) is 2. The predicted molar refractivity (Wildman–Crippen MR) is 85.3 cm³/mol. The maximum absolute atomic E-state index is 4.78. The van der Waals surface area contributed by atoms with Crippen molar-refractivity contribution >= 4 is 26.8 Å². The van der Waals surface area contributed by atoms with Crippen molar-refractivity contribution in [2.75, 3.05) is 6.54 Å². The zero-order chi connectivity index (χ0) is 13.8. The molecule has 1 heterocycles. The van der Waals surface area contributed by atoms with Crippen LogP contribution in [-0.2, 0) is 0 Å². The Morgan fingerprint density at radius 2 is 2.16 bits per heavy atom. The van der Waals surface area contributed by atoms with E-state index in [0.717, 1.165) is 39.6 Å². The van der Waals surface area contributed by atoms with Gasteiger partial charge in [-0.3, -0.25) is 0 Å². The van der Waals surface area contributed by atoms with Gasteiger partial charge in [0.25, 0.3) is 0 Å². The first-order chi connectivity index (χ1) is 9.13. The number of nitrogens with zero attached hydrogens (tertiary/aromatic N) is 1. The number of nitrogens with one attached hydrogen (secondary N) is 1. The van der Waals surface area contributed by atoms with E-state index in [1.54, 1.807) is 0 Å². The number of pyridine rings is 1. The first-order valence-corrected chi connectivity index (χ1v) is 7.36. The fraction of sp³-hybridized carbons (Fsp3) is 0.312. The van der Waals surface area contributed by atoms with Gasteiger partial charge in [-0.1, -0.05) is 37.3 Å². The molecule has 0 amide bonds. The van der Waals surface area contributed by atoms with Crippen LogP contribution in [0.15, 0.2) is 47.0 Å². The van der Waals surface area contributed by atoms with Crippen LogP contribution in [0.4, 0.5) is 0 Å². The molecule has 1 atom stereocenters.